The molecule has 0 atom stereocenters. The molecule has 0 saturated carbocycles. The van der Waals surface area contributed by atoms with E-state index in [2.05, 4.69) is 12.1 Å². The average Bonchev–Trinajstić information content (AvgIpc) is 2.70. The summed E-state index contributed by atoms with van der Waals surface area (Å²) in [7, 11) is 0. The number of rotatable bonds is 4. The number of hydrogen-bond acceptors (Lipinski definition) is 4. The van der Waals surface area contributed by atoms with Crippen LogP contribution in [-0.4, -0.2) is 24.0 Å². The summed E-state index contributed by atoms with van der Waals surface area (Å²) < 4.78 is 11.0. The molecule has 0 radical (unpaired) electrons. The summed E-state index contributed by atoms with van der Waals surface area (Å²) >= 11 is 0. The predicted molar refractivity (Wildman–Crippen MR) is 103 cm³/mol. The van der Waals surface area contributed by atoms with Crippen LogP contribution in [0, 0.1) is 0 Å². The monoisotopic (exact) mass is 363 g/mol. The van der Waals surface area contributed by atoms with Crippen molar-refractivity contribution in [1.82, 2.24) is 4.90 Å². The second kappa shape index (κ2) is 7.27. The SMILES string of the molecule is CCc1cc(=O)oc2cc(OCC(=O)N3CCc4ccccc4C3)ccc12. The Morgan fingerprint density at radius 2 is 1.96 bits per heavy atom. The van der Waals surface area contributed by atoms with Gasteiger partial charge in [0.1, 0.15) is 11.3 Å². The van der Waals surface area contributed by atoms with Gasteiger partial charge in [0.15, 0.2) is 6.61 Å². The topological polar surface area (TPSA) is 59.8 Å². The van der Waals surface area contributed by atoms with Crippen LogP contribution < -0.4 is 10.4 Å². The molecule has 1 amide bonds. The van der Waals surface area contributed by atoms with Gasteiger partial charge in [0.05, 0.1) is 0 Å². The van der Waals surface area contributed by atoms with Gasteiger partial charge in [0.25, 0.3) is 5.91 Å². The Morgan fingerprint density at radius 1 is 1.15 bits per heavy atom. The lowest BCUT2D eigenvalue weighted by molar-refractivity contribution is -0.134. The molecule has 138 valence electrons. The molecule has 4 rings (SSSR count). The van der Waals surface area contributed by atoms with Crippen molar-refractivity contribution in [3.05, 3.63) is 75.6 Å². The van der Waals surface area contributed by atoms with Crippen molar-refractivity contribution in [3.63, 3.8) is 0 Å². The molecule has 0 bridgehead atoms. The quantitative estimate of drug-likeness (QED) is 0.667. The zero-order chi connectivity index (χ0) is 18.8. The number of amides is 1. The highest BCUT2D eigenvalue weighted by molar-refractivity contribution is 5.82. The van der Waals surface area contributed by atoms with Crippen molar-refractivity contribution in [2.75, 3.05) is 13.2 Å². The van der Waals surface area contributed by atoms with Gasteiger partial charge in [-0.15, -0.1) is 0 Å². The van der Waals surface area contributed by atoms with E-state index >= 15 is 0 Å². The number of carbonyl (C=O) groups is 1. The number of benzene rings is 2. The minimum absolute atomic E-state index is 0.0363. The van der Waals surface area contributed by atoms with Gasteiger partial charge in [-0.1, -0.05) is 31.2 Å². The summed E-state index contributed by atoms with van der Waals surface area (Å²) in [6.45, 7) is 3.27. The molecule has 5 nitrogen and oxygen atoms in total. The summed E-state index contributed by atoms with van der Waals surface area (Å²) in [6, 6.07) is 15.1. The third-order valence-electron chi connectivity index (χ3n) is 5.03. The van der Waals surface area contributed by atoms with Crippen molar-refractivity contribution in [1.29, 1.82) is 0 Å². The van der Waals surface area contributed by atoms with E-state index in [-0.39, 0.29) is 18.1 Å². The Bertz CT molecular complexity index is 1050. The Hall–Kier alpha value is -3.08. The fraction of sp³-hybridized carbons (Fsp3) is 0.273. The third kappa shape index (κ3) is 3.58. The summed E-state index contributed by atoms with van der Waals surface area (Å²) in [5.74, 6) is 0.470. The lowest BCUT2D eigenvalue weighted by Gasteiger charge is -2.28. The molecule has 27 heavy (non-hydrogen) atoms. The molecule has 1 aromatic heterocycles. The van der Waals surface area contributed by atoms with Gasteiger partial charge in [-0.2, -0.15) is 0 Å². The van der Waals surface area contributed by atoms with Gasteiger partial charge in [0, 0.05) is 30.6 Å². The Morgan fingerprint density at radius 3 is 2.78 bits per heavy atom. The van der Waals surface area contributed by atoms with Gasteiger partial charge in [0.2, 0.25) is 0 Å². The summed E-state index contributed by atoms with van der Waals surface area (Å²) in [5.41, 5.74) is 3.54. The second-order valence-electron chi connectivity index (χ2n) is 6.72. The fourth-order valence-corrected chi connectivity index (χ4v) is 3.54. The van der Waals surface area contributed by atoms with Crippen LogP contribution in [0.25, 0.3) is 11.0 Å². The normalized spacial score (nSPS) is 13.4. The summed E-state index contributed by atoms with van der Waals surface area (Å²) in [4.78, 5) is 26.0. The van der Waals surface area contributed by atoms with E-state index in [1.807, 2.05) is 30.0 Å². The average molecular weight is 363 g/mol. The van der Waals surface area contributed by atoms with E-state index in [9.17, 15) is 9.59 Å². The van der Waals surface area contributed by atoms with Crippen LogP contribution in [0.15, 0.2) is 57.7 Å². The minimum atomic E-state index is -0.375. The molecule has 5 heteroatoms. The number of ether oxygens (including phenoxy) is 1. The molecule has 2 heterocycles. The highest BCUT2D eigenvalue weighted by atomic mass is 16.5. The maximum Gasteiger partial charge on any atom is 0.336 e. The first kappa shape index (κ1) is 17.3. The van der Waals surface area contributed by atoms with E-state index in [0.29, 0.717) is 24.4 Å². The molecule has 1 aliphatic rings. The van der Waals surface area contributed by atoms with Crippen molar-refractivity contribution < 1.29 is 13.9 Å². The first-order valence-electron chi connectivity index (χ1n) is 9.18. The van der Waals surface area contributed by atoms with Crippen molar-refractivity contribution in [2.45, 2.75) is 26.3 Å². The Labute approximate surface area is 157 Å². The fourth-order valence-electron chi connectivity index (χ4n) is 3.54. The van der Waals surface area contributed by atoms with E-state index in [1.54, 1.807) is 12.1 Å². The lowest BCUT2D eigenvalue weighted by atomic mass is 10.00. The van der Waals surface area contributed by atoms with Gasteiger partial charge in [-0.05, 0) is 41.7 Å². The first-order chi connectivity index (χ1) is 13.1. The molecular formula is C22H21NO4. The van der Waals surface area contributed by atoms with Gasteiger partial charge >= 0.3 is 5.63 Å². The first-order valence-corrected chi connectivity index (χ1v) is 9.18. The molecule has 3 aromatic rings. The van der Waals surface area contributed by atoms with Crippen LogP contribution in [0.5, 0.6) is 5.75 Å². The van der Waals surface area contributed by atoms with E-state index < -0.39 is 0 Å². The maximum absolute atomic E-state index is 12.5. The van der Waals surface area contributed by atoms with Gasteiger partial charge < -0.3 is 14.1 Å². The Balaban J connectivity index is 1.46. The molecule has 0 spiro atoms. The second-order valence-corrected chi connectivity index (χ2v) is 6.72. The van der Waals surface area contributed by atoms with E-state index in [0.717, 1.165) is 23.8 Å². The third-order valence-corrected chi connectivity index (χ3v) is 5.03. The van der Waals surface area contributed by atoms with Crippen LogP contribution in [0.4, 0.5) is 0 Å². The van der Waals surface area contributed by atoms with Crippen LogP contribution in [0.1, 0.15) is 23.6 Å². The maximum atomic E-state index is 12.5. The standard InChI is InChI=1S/C22H21NO4/c1-2-15-11-22(25)27-20-12-18(7-8-19(15)20)26-14-21(24)23-10-9-16-5-3-4-6-17(16)13-23/h3-8,11-12H,2,9-10,13-14H2,1H3. The molecule has 0 aliphatic carbocycles. The summed E-state index contributed by atoms with van der Waals surface area (Å²) in [5, 5.41) is 0.892. The highest BCUT2D eigenvalue weighted by Crippen LogP contribution is 2.23. The van der Waals surface area contributed by atoms with Crippen LogP contribution in [0.2, 0.25) is 0 Å². The number of fused-ring (bicyclic) bond motifs is 2. The Kier molecular flexibility index (Phi) is 4.67. The van der Waals surface area contributed by atoms with Gasteiger partial charge in [-0.3, -0.25) is 4.79 Å². The number of nitrogens with zero attached hydrogens (tertiary/aromatic N) is 1. The van der Waals surface area contributed by atoms with Crippen LogP contribution in [0.3, 0.4) is 0 Å². The largest absolute Gasteiger partial charge is 0.484 e. The molecular weight excluding hydrogens is 342 g/mol. The highest BCUT2D eigenvalue weighted by Gasteiger charge is 2.20. The number of hydrogen-bond donors (Lipinski definition) is 0. The number of carbonyl (C=O) groups excluding carboxylic acids is 1. The van der Waals surface area contributed by atoms with Crippen molar-refractivity contribution in [2.24, 2.45) is 0 Å². The van der Waals surface area contributed by atoms with E-state index in [1.165, 1.54) is 17.2 Å². The predicted octanol–water partition coefficient (Wildman–Crippen LogP) is 3.32. The minimum Gasteiger partial charge on any atom is -0.484 e. The number of aryl methyl sites for hydroxylation is 1. The zero-order valence-corrected chi connectivity index (χ0v) is 15.2. The van der Waals surface area contributed by atoms with Crippen molar-refractivity contribution >= 4 is 16.9 Å². The molecule has 0 fully saturated rings. The van der Waals surface area contributed by atoms with Crippen LogP contribution in [-0.2, 0) is 24.2 Å². The van der Waals surface area contributed by atoms with E-state index in [4.69, 9.17) is 9.15 Å². The molecule has 0 unspecified atom stereocenters. The molecule has 0 saturated heterocycles. The van der Waals surface area contributed by atoms with Crippen molar-refractivity contribution in [3.8, 4) is 5.75 Å². The molecule has 1 aliphatic heterocycles. The smallest absolute Gasteiger partial charge is 0.336 e. The summed E-state index contributed by atoms with van der Waals surface area (Å²) in [6.07, 6.45) is 1.61. The molecule has 0 N–H and O–H groups in total. The van der Waals surface area contributed by atoms with Crippen LogP contribution >= 0.6 is 0 Å². The lowest BCUT2D eigenvalue weighted by Crippen LogP contribution is -2.38. The molecule has 2 aromatic carbocycles. The van der Waals surface area contributed by atoms with Gasteiger partial charge in [-0.25, -0.2) is 4.79 Å². The zero-order valence-electron chi connectivity index (χ0n) is 15.2.